The van der Waals surface area contributed by atoms with Gasteiger partial charge in [-0.1, -0.05) is 13.8 Å². The van der Waals surface area contributed by atoms with Crippen LogP contribution in [0.2, 0.25) is 5.22 Å². The molecule has 6 heteroatoms. The van der Waals surface area contributed by atoms with Gasteiger partial charge in [-0.15, -0.1) is 0 Å². The highest BCUT2D eigenvalue weighted by molar-refractivity contribution is 6.29. The van der Waals surface area contributed by atoms with Crippen molar-refractivity contribution < 1.29 is 18.7 Å². The van der Waals surface area contributed by atoms with Crippen LogP contribution in [-0.2, 0) is 9.53 Å². The zero-order valence-electron chi connectivity index (χ0n) is 11.3. The number of esters is 1. The Labute approximate surface area is 117 Å². The third kappa shape index (κ3) is 4.95. The van der Waals surface area contributed by atoms with Gasteiger partial charge in [0, 0.05) is 6.54 Å². The van der Waals surface area contributed by atoms with Crippen molar-refractivity contribution in [2.75, 3.05) is 19.7 Å². The fraction of sp³-hybridized carbons (Fsp3) is 0.538. The first-order valence-electron chi connectivity index (χ1n) is 6.14. The van der Waals surface area contributed by atoms with Gasteiger partial charge in [0.1, 0.15) is 6.54 Å². The zero-order chi connectivity index (χ0) is 14.4. The smallest absolute Gasteiger partial charge is 0.325 e. The Morgan fingerprint density at radius 2 is 2.11 bits per heavy atom. The van der Waals surface area contributed by atoms with Crippen molar-refractivity contribution in [3.63, 3.8) is 0 Å². The molecule has 0 radical (unpaired) electrons. The van der Waals surface area contributed by atoms with Crippen molar-refractivity contribution in [3.05, 3.63) is 23.1 Å². The van der Waals surface area contributed by atoms with E-state index in [1.807, 2.05) is 13.8 Å². The van der Waals surface area contributed by atoms with Gasteiger partial charge in [-0.05, 0) is 36.6 Å². The standard InChI is InChI=1S/C13H18ClNO4/c1-4-18-12(16)8-15(7-9(2)3)13(17)10-5-6-11(14)19-10/h5-6,9H,4,7-8H2,1-3H3. The van der Waals surface area contributed by atoms with Gasteiger partial charge in [0.2, 0.25) is 0 Å². The Kier molecular flexibility index (Phi) is 5.89. The first-order chi connectivity index (χ1) is 8.93. The molecule has 0 aliphatic rings. The molecular weight excluding hydrogens is 270 g/mol. The van der Waals surface area contributed by atoms with Gasteiger partial charge in [-0.2, -0.15) is 0 Å². The SMILES string of the molecule is CCOC(=O)CN(CC(C)C)C(=O)c1ccc(Cl)o1. The quantitative estimate of drug-likeness (QED) is 0.755. The van der Waals surface area contributed by atoms with E-state index in [9.17, 15) is 9.59 Å². The second-order valence-corrected chi connectivity index (χ2v) is 4.86. The van der Waals surface area contributed by atoms with E-state index in [1.165, 1.54) is 17.0 Å². The fourth-order valence-electron chi connectivity index (χ4n) is 1.61. The minimum atomic E-state index is -0.436. The van der Waals surface area contributed by atoms with E-state index < -0.39 is 5.97 Å². The summed E-state index contributed by atoms with van der Waals surface area (Å²) in [6.45, 7) is 6.27. The molecule has 1 aromatic rings. The Morgan fingerprint density at radius 1 is 1.42 bits per heavy atom. The highest BCUT2D eigenvalue weighted by atomic mass is 35.5. The molecule has 0 aliphatic carbocycles. The summed E-state index contributed by atoms with van der Waals surface area (Å²) in [6, 6.07) is 2.98. The highest BCUT2D eigenvalue weighted by Gasteiger charge is 2.22. The van der Waals surface area contributed by atoms with Gasteiger partial charge in [0.15, 0.2) is 11.0 Å². The summed E-state index contributed by atoms with van der Waals surface area (Å²) in [6.07, 6.45) is 0. The lowest BCUT2D eigenvalue weighted by atomic mass is 10.2. The molecule has 0 aliphatic heterocycles. The summed E-state index contributed by atoms with van der Waals surface area (Å²) in [7, 11) is 0. The predicted octanol–water partition coefficient (Wildman–Crippen LogP) is 2.59. The topological polar surface area (TPSA) is 59.8 Å². The molecule has 106 valence electrons. The molecule has 0 saturated carbocycles. The van der Waals surface area contributed by atoms with Crippen LogP contribution in [0.1, 0.15) is 31.3 Å². The number of hydrogen-bond acceptors (Lipinski definition) is 4. The summed E-state index contributed by atoms with van der Waals surface area (Å²) in [5.41, 5.74) is 0. The summed E-state index contributed by atoms with van der Waals surface area (Å²) in [4.78, 5) is 25.1. The molecule has 1 aromatic heterocycles. The molecule has 5 nitrogen and oxygen atoms in total. The van der Waals surface area contributed by atoms with Gasteiger partial charge in [0.05, 0.1) is 6.61 Å². The third-order valence-corrected chi connectivity index (χ3v) is 2.49. The van der Waals surface area contributed by atoms with Crippen molar-refractivity contribution in [1.29, 1.82) is 0 Å². The lowest BCUT2D eigenvalue weighted by Gasteiger charge is -2.22. The molecule has 0 bridgehead atoms. The van der Waals surface area contributed by atoms with E-state index in [2.05, 4.69) is 0 Å². The van der Waals surface area contributed by atoms with Crippen molar-refractivity contribution in [2.45, 2.75) is 20.8 Å². The average Bonchev–Trinajstić information content (AvgIpc) is 2.73. The number of carbonyl (C=O) groups is 2. The molecule has 19 heavy (non-hydrogen) atoms. The van der Waals surface area contributed by atoms with Gasteiger partial charge < -0.3 is 14.1 Å². The lowest BCUT2D eigenvalue weighted by molar-refractivity contribution is -0.143. The first kappa shape index (κ1) is 15.6. The molecule has 1 rings (SSSR count). The molecule has 0 spiro atoms. The van der Waals surface area contributed by atoms with Crippen LogP contribution in [0.15, 0.2) is 16.5 Å². The molecular formula is C13H18ClNO4. The maximum absolute atomic E-state index is 12.2. The van der Waals surface area contributed by atoms with E-state index in [1.54, 1.807) is 6.92 Å². The van der Waals surface area contributed by atoms with Crippen LogP contribution in [0, 0.1) is 5.92 Å². The van der Waals surface area contributed by atoms with Crippen molar-refractivity contribution in [3.8, 4) is 0 Å². The normalized spacial score (nSPS) is 10.6. The zero-order valence-corrected chi connectivity index (χ0v) is 12.1. The van der Waals surface area contributed by atoms with Gasteiger partial charge in [-0.25, -0.2) is 0 Å². The summed E-state index contributed by atoms with van der Waals surface area (Å²) in [5, 5.41) is 0.143. The monoisotopic (exact) mass is 287 g/mol. The van der Waals surface area contributed by atoms with Crippen LogP contribution in [-0.4, -0.2) is 36.5 Å². The second kappa shape index (κ2) is 7.19. The van der Waals surface area contributed by atoms with Gasteiger partial charge in [-0.3, -0.25) is 9.59 Å². The third-order valence-electron chi connectivity index (χ3n) is 2.28. The van der Waals surface area contributed by atoms with E-state index in [0.717, 1.165) is 0 Å². The van der Waals surface area contributed by atoms with Gasteiger partial charge in [0.25, 0.3) is 5.91 Å². The number of amides is 1. The predicted molar refractivity (Wildman–Crippen MR) is 71.1 cm³/mol. The van der Waals surface area contributed by atoms with E-state index in [-0.39, 0.29) is 36.0 Å². The first-order valence-corrected chi connectivity index (χ1v) is 6.52. The Hall–Kier alpha value is -1.49. The van der Waals surface area contributed by atoms with E-state index in [0.29, 0.717) is 6.54 Å². The summed E-state index contributed by atoms with van der Waals surface area (Å²) in [5.74, 6) is -0.457. The van der Waals surface area contributed by atoms with E-state index >= 15 is 0 Å². The second-order valence-electron chi connectivity index (χ2n) is 4.49. The molecule has 0 aromatic carbocycles. The maximum atomic E-state index is 12.2. The molecule has 0 unspecified atom stereocenters. The van der Waals surface area contributed by atoms with Crippen LogP contribution < -0.4 is 0 Å². The number of ether oxygens (including phenoxy) is 1. The molecule has 0 saturated heterocycles. The van der Waals surface area contributed by atoms with Crippen LogP contribution in [0.25, 0.3) is 0 Å². The molecule has 0 atom stereocenters. The Bertz CT molecular complexity index is 442. The Balaban J connectivity index is 2.78. The number of halogens is 1. The van der Waals surface area contributed by atoms with Crippen molar-refractivity contribution in [1.82, 2.24) is 4.90 Å². The average molecular weight is 288 g/mol. The minimum Gasteiger partial charge on any atom is -0.465 e. The van der Waals surface area contributed by atoms with Crippen LogP contribution >= 0.6 is 11.6 Å². The number of nitrogens with zero attached hydrogens (tertiary/aromatic N) is 1. The van der Waals surface area contributed by atoms with Gasteiger partial charge >= 0.3 is 5.97 Å². The molecule has 0 fully saturated rings. The highest BCUT2D eigenvalue weighted by Crippen LogP contribution is 2.15. The van der Waals surface area contributed by atoms with Crippen molar-refractivity contribution >= 4 is 23.5 Å². The summed E-state index contributed by atoms with van der Waals surface area (Å²) < 4.78 is 9.93. The van der Waals surface area contributed by atoms with Crippen LogP contribution in [0.4, 0.5) is 0 Å². The fourth-order valence-corrected chi connectivity index (χ4v) is 1.75. The number of rotatable bonds is 6. The minimum absolute atomic E-state index is 0.0941. The van der Waals surface area contributed by atoms with Crippen LogP contribution in [0.5, 0.6) is 0 Å². The Morgan fingerprint density at radius 3 is 2.58 bits per heavy atom. The molecule has 1 heterocycles. The number of hydrogen-bond donors (Lipinski definition) is 0. The molecule has 1 amide bonds. The molecule has 0 N–H and O–H groups in total. The maximum Gasteiger partial charge on any atom is 0.325 e. The number of furan rings is 1. The van der Waals surface area contributed by atoms with Crippen LogP contribution in [0.3, 0.4) is 0 Å². The lowest BCUT2D eigenvalue weighted by Crippen LogP contribution is -2.38. The van der Waals surface area contributed by atoms with Crippen molar-refractivity contribution in [2.24, 2.45) is 5.92 Å². The number of carbonyl (C=O) groups excluding carboxylic acids is 2. The summed E-state index contributed by atoms with van der Waals surface area (Å²) >= 11 is 5.64. The largest absolute Gasteiger partial charge is 0.465 e. The van der Waals surface area contributed by atoms with E-state index in [4.69, 9.17) is 20.8 Å².